The van der Waals surface area contributed by atoms with Gasteiger partial charge in [-0.1, -0.05) is 0 Å². The van der Waals surface area contributed by atoms with Crippen LogP contribution in [0.4, 0.5) is 0 Å². The molecule has 76 valence electrons. The molecule has 3 fully saturated rings. The number of fused-ring (bicyclic) bond motifs is 3. The lowest BCUT2D eigenvalue weighted by atomic mass is 9.62. The van der Waals surface area contributed by atoms with Gasteiger partial charge in [0.15, 0.2) is 0 Å². The van der Waals surface area contributed by atoms with Crippen LogP contribution in [0.1, 0.15) is 39.0 Å². The van der Waals surface area contributed by atoms with Crippen LogP contribution in [0, 0.1) is 11.8 Å². The van der Waals surface area contributed by atoms with E-state index >= 15 is 0 Å². The van der Waals surface area contributed by atoms with Gasteiger partial charge in [0.2, 0.25) is 0 Å². The quantitative estimate of drug-likeness (QED) is 0.726. The van der Waals surface area contributed by atoms with Gasteiger partial charge in [-0.2, -0.15) is 0 Å². The maximum atomic E-state index is 9.47. The van der Waals surface area contributed by atoms with E-state index in [2.05, 4.69) is 0 Å². The molecule has 0 heterocycles. The zero-order valence-electron chi connectivity index (χ0n) is 8.46. The Labute approximate surface area is 80.3 Å². The van der Waals surface area contributed by atoms with Gasteiger partial charge in [-0.15, -0.1) is 0 Å². The molecule has 0 spiro atoms. The van der Waals surface area contributed by atoms with Crippen molar-refractivity contribution in [3.05, 3.63) is 0 Å². The molecule has 0 aromatic heterocycles. The van der Waals surface area contributed by atoms with E-state index in [0.29, 0.717) is 5.92 Å². The third kappa shape index (κ3) is 1.50. The molecule has 1 atom stereocenters. The van der Waals surface area contributed by atoms with Gasteiger partial charge in [-0.3, -0.25) is 0 Å². The number of hydrogen-bond acceptors (Lipinski definition) is 2. The van der Waals surface area contributed by atoms with Crippen LogP contribution in [0.25, 0.3) is 0 Å². The van der Waals surface area contributed by atoms with Crippen molar-refractivity contribution in [1.29, 1.82) is 0 Å². The Morgan fingerprint density at radius 2 is 2.00 bits per heavy atom. The van der Waals surface area contributed by atoms with Crippen molar-refractivity contribution in [2.75, 3.05) is 13.2 Å². The molecular weight excluding hydrogens is 164 g/mol. The Morgan fingerprint density at radius 1 is 1.31 bits per heavy atom. The lowest BCUT2D eigenvalue weighted by Crippen LogP contribution is -2.52. The Balaban J connectivity index is 2.10. The molecule has 0 radical (unpaired) electrons. The maximum absolute atomic E-state index is 9.47. The second-order valence-corrected chi connectivity index (χ2v) is 4.58. The molecule has 0 aliphatic heterocycles. The first-order valence-corrected chi connectivity index (χ1v) is 5.55. The summed E-state index contributed by atoms with van der Waals surface area (Å²) in [6.07, 6.45) is 6.36. The van der Waals surface area contributed by atoms with Crippen LogP contribution < -0.4 is 0 Å². The Morgan fingerprint density at radius 3 is 2.38 bits per heavy atom. The van der Waals surface area contributed by atoms with Gasteiger partial charge in [0.25, 0.3) is 0 Å². The first kappa shape index (κ1) is 9.47. The predicted octanol–water partition coefficient (Wildman–Crippen LogP) is 1.96. The van der Waals surface area contributed by atoms with E-state index in [1.54, 1.807) is 0 Å². The molecule has 2 nitrogen and oxygen atoms in total. The molecular formula is C11H20O2. The molecule has 0 amide bonds. The van der Waals surface area contributed by atoms with E-state index < -0.39 is 0 Å². The molecule has 3 aliphatic rings. The summed E-state index contributed by atoms with van der Waals surface area (Å²) in [6, 6.07) is 0. The van der Waals surface area contributed by atoms with Crippen molar-refractivity contribution >= 4 is 0 Å². The molecule has 0 aromatic carbocycles. The Hall–Kier alpha value is -0.0800. The highest BCUT2D eigenvalue weighted by molar-refractivity contribution is 4.98. The van der Waals surface area contributed by atoms with Crippen molar-refractivity contribution in [2.45, 2.75) is 44.6 Å². The van der Waals surface area contributed by atoms with Gasteiger partial charge in [0.05, 0.1) is 12.2 Å². The second-order valence-electron chi connectivity index (χ2n) is 4.58. The van der Waals surface area contributed by atoms with E-state index in [-0.39, 0.29) is 12.2 Å². The summed E-state index contributed by atoms with van der Waals surface area (Å²) in [6.45, 7) is 2.99. The summed E-state index contributed by atoms with van der Waals surface area (Å²) in [4.78, 5) is 0. The van der Waals surface area contributed by atoms with Gasteiger partial charge in [0, 0.05) is 6.61 Å². The van der Waals surface area contributed by atoms with Gasteiger partial charge >= 0.3 is 0 Å². The number of rotatable bonds is 3. The fraction of sp³-hybridized carbons (Fsp3) is 1.00. The molecule has 2 heteroatoms. The van der Waals surface area contributed by atoms with E-state index in [9.17, 15) is 5.11 Å². The van der Waals surface area contributed by atoms with Gasteiger partial charge in [-0.05, 0) is 50.9 Å². The molecule has 0 aromatic rings. The summed E-state index contributed by atoms with van der Waals surface area (Å²) < 4.78 is 5.80. The lowest BCUT2D eigenvalue weighted by molar-refractivity contribution is -0.163. The predicted molar refractivity (Wildman–Crippen MR) is 51.5 cm³/mol. The molecule has 1 unspecified atom stereocenters. The zero-order chi connectivity index (χ0) is 9.31. The minimum Gasteiger partial charge on any atom is -0.393 e. The zero-order valence-corrected chi connectivity index (χ0v) is 8.46. The third-order valence-electron chi connectivity index (χ3n) is 3.92. The largest absolute Gasteiger partial charge is 0.393 e. The van der Waals surface area contributed by atoms with Crippen molar-refractivity contribution in [2.24, 2.45) is 11.8 Å². The summed E-state index contributed by atoms with van der Waals surface area (Å²) in [5, 5.41) is 9.47. The number of aliphatic hydroxyl groups is 1. The molecule has 0 saturated heterocycles. The number of hydrogen-bond donors (Lipinski definition) is 1. The second kappa shape index (κ2) is 3.58. The van der Waals surface area contributed by atoms with Crippen LogP contribution in [-0.4, -0.2) is 23.9 Å². The van der Waals surface area contributed by atoms with E-state index in [1.807, 2.05) is 6.92 Å². The van der Waals surface area contributed by atoms with E-state index in [1.165, 1.54) is 25.7 Å². The summed E-state index contributed by atoms with van der Waals surface area (Å²) in [5.74, 6) is 1.45. The van der Waals surface area contributed by atoms with Gasteiger partial charge in [-0.25, -0.2) is 0 Å². The fourth-order valence-electron chi connectivity index (χ4n) is 3.25. The summed E-state index contributed by atoms with van der Waals surface area (Å²) in [7, 11) is 0. The monoisotopic (exact) mass is 184 g/mol. The highest BCUT2D eigenvalue weighted by Gasteiger charge is 2.47. The average Bonchev–Trinajstić information content (AvgIpc) is 2.20. The van der Waals surface area contributed by atoms with Crippen LogP contribution in [0.3, 0.4) is 0 Å². The van der Waals surface area contributed by atoms with E-state index in [0.717, 1.165) is 18.9 Å². The summed E-state index contributed by atoms with van der Waals surface area (Å²) in [5.41, 5.74) is -0.157. The number of aliphatic hydroxyl groups excluding tert-OH is 1. The lowest BCUT2D eigenvalue weighted by Gasteiger charge is -2.50. The van der Waals surface area contributed by atoms with Crippen LogP contribution in [0.2, 0.25) is 0 Å². The molecule has 13 heavy (non-hydrogen) atoms. The highest BCUT2D eigenvalue weighted by atomic mass is 16.5. The molecule has 3 aliphatic carbocycles. The minimum absolute atomic E-state index is 0.157. The molecule has 3 saturated carbocycles. The molecule has 1 N–H and O–H groups in total. The van der Waals surface area contributed by atoms with Crippen LogP contribution in [0.5, 0.6) is 0 Å². The topological polar surface area (TPSA) is 29.5 Å². The normalized spacial score (nSPS) is 43.8. The van der Waals surface area contributed by atoms with Crippen molar-refractivity contribution in [1.82, 2.24) is 0 Å². The van der Waals surface area contributed by atoms with Gasteiger partial charge in [0.1, 0.15) is 0 Å². The smallest absolute Gasteiger partial charge is 0.0942 e. The summed E-state index contributed by atoms with van der Waals surface area (Å²) >= 11 is 0. The van der Waals surface area contributed by atoms with Crippen molar-refractivity contribution in [3.63, 3.8) is 0 Å². The first-order chi connectivity index (χ1) is 6.30. The van der Waals surface area contributed by atoms with E-state index in [4.69, 9.17) is 4.74 Å². The standard InChI is InChI=1S/C11H20O2/c1-2-13-11(8-12)7-9-3-5-10(11)6-4-9/h9-10,12H,2-8H2,1H3. The SMILES string of the molecule is CCOC1(CO)CC2CCC1CC2. The average molecular weight is 184 g/mol. The fourth-order valence-corrected chi connectivity index (χ4v) is 3.25. The first-order valence-electron chi connectivity index (χ1n) is 5.55. The van der Waals surface area contributed by atoms with Crippen molar-refractivity contribution < 1.29 is 9.84 Å². The van der Waals surface area contributed by atoms with Gasteiger partial charge < -0.3 is 9.84 Å². The van der Waals surface area contributed by atoms with Crippen LogP contribution >= 0.6 is 0 Å². The third-order valence-corrected chi connectivity index (χ3v) is 3.92. The highest BCUT2D eigenvalue weighted by Crippen LogP contribution is 2.48. The van der Waals surface area contributed by atoms with Crippen molar-refractivity contribution in [3.8, 4) is 0 Å². The number of ether oxygens (including phenoxy) is 1. The van der Waals surface area contributed by atoms with Crippen LogP contribution in [-0.2, 0) is 4.74 Å². The maximum Gasteiger partial charge on any atom is 0.0942 e. The Kier molecular flexibility index (Phi) is 2.61. The van der Waals surface area contributed by atoms with Crippen LogP contribution in [0.15, 0.2) is 0 Å². The molecule has 2 bridgehead atoms. The minimum atomic E-state index is -0.157. The Bertz CT molecular complexity index is 173. The molecule has 3 rings (SSSR count).